The third-order valence-corrected chi connectivity index (χ3v) is 3.74. The van der Waals surface area contributed by atoms with Crippen molar-refractivity contribution < 1.29 is 14.3 Å². The van der Waals surface area contributed by atoms with E-state index in [9.17, 15) is 4.79 Å². The Morgan fingerprint density at radius 2 is 1.85 bits per heavy atom. The fraction of sp³-hybridized carbons (Fsp3) is 0.111. The maximum Gasteiger partial charge on any atom is 0.272 e. The van der Waals surface area contributed by atoms with Crippen LogP contribution < -0.4 is 20.1 Å². The second kappa shape index (κ2) is 7.06. The minimum absolute atomic E-state index is 0.224. The summed E-state index contributed by atoms with van der Waals surface area (Å²) in [5, 5.41) is 13.9. The van der Waals surface area contributed by atoms with Gasteiger partial charge in [0.25, 0.3) is 5.91 Å². The van der Waals surface area contributed by atoms with Crippen molar-refractivity contribution in [1.82, 2.24) is 20.5 Å². The molecule has 26 heavy (non-hydrogen) atoms. The molecule has 1 aromatic carbocycles. The molecule has 0 aliphatic carbocycles. The normalized spacial score (nSPS) is 11.8. The van der Waals surface area contributed by atoms with Crippen LogP contribution in [0.15, 0.2) is 54.9 Å². The van der Waals surface area contributed by atoms with Gasteiger partial charge in [-0.1, -0.05) is 0 Å². The molecule has 0 fully saturated rings. The first-order chi connectivity index (χ1) is 12.8. The summed E-state index contributed by atoms with van der Waals surface area (Å²) in [6, 6.07) is 12.5. The highest BCUT2D eigenvalue weighted by Gasteiger charge is 2.13. The number of nitrogens with zero attached hydrogens (tertiary/aromatic N) is 3. The quantitative estimate of drug-likeness (QED) is 0.729. The van der Waals surface area contributed by atoms with Gasteiger partial charge in [0, 0.05) is 30.7 Å². The molecule has 1 aliphatic heterocycles. The Morgan fingerprint density at radius 1 is 1.00 bits per heavy atom. The zero-order valence-corrected chi connectivity index (χ0v) is 13.7. The molecule has 0 atom stereocenters. The van der Waals surface area contributed by atoms with Gasteiger partial charge >= 0.3 is 0 Å². The monoisotopic (exact) mass is 349 g/mol. The second-order valence-corrected chi connectivity index (χ2v) is 5.53. The van der Waals surface area contributed by atoms with E-state index in [1.807, 2.05) is 30.3 Å². The lowest BCUT2D eigenvalue weighted by atomic mass is 10.2. The molecule has 2 N–H and O–H groups in total. The maximum absolute atomic E-state index is 12.1. The maximum atomic E-state index is 12.1. The van der Waals surface area contributed by atoms with Crippen LogP contribution in [0.3, 0.4) is 0 Å². The number of anilines is 2. The van der Waals surface area contributed by atoms with E-state index >= 15 is 0 Å². The number of aromatic nitrogens is 3. The number of fused-ring (bicyclic) bond motifs is 1. The molecular formula is C18H15N5O3. The van der Waals surface area contributed by atoms with Crippen molar-refractivity contribution in [2.24, 2.45) is 0 Å². The molecule has 0 spiro atoms. The van der Waals surface area contributed by atoms with E-state index in [0.29, 0.717) is 23.9 Å². The van der Waals surface area contributed by atoms with Crippen molar-refractivity contribution in [3.63, 3.8) is 0 Å². The molecule has 0 radical (unpaired) electrons. The average Bonchev–Trinajstić information content (AvgIpc) is 3.15. The first-order valence-electron chi connectivity index (χ1n) is 7.95. The Bertz CT molecular complexity index is 916. The van der Waals surface area contributed by atoms with Gasteiger partial charge in [0.1, 0.15) is 0 Å². The van der Waals surface area contributed by atoms with Crippen LogP contribution in [0.25, 0.3) is 0 Å². The number of carbonyl (C=O) groups excluding carboxylic acids is 1. The van der Waals surface area contributed by atoms with Crippen LogP contribution in [0.4, 0.5) is 11.5 Å². The van der Waals surface area contributed by atoms with Crippen LogP contribution in [-0.4, -0.2) is 27.9 Å². The van der Waals surface area contributed by atoms with Gasteiger partial charge < -0.3 is 20.1 Å². The van der Waals surface area contributed by atoms with Crippen molar-refractivity contribution >= 4 is 17.4 Å². The van der Waals surface area contributed by atoms with E-state index < -0.39 is 0 Å². The molecule has 3 aromatic rings. The summed E-state index contributed by atoms with van der Waals surface area (Å²) < 4.78 is 10.6. The second-order valence-electron chi connectivity index (χ2n) is 5.53. The van der Waals surface area contributed by atoms with E-state index in [0.717, 1.165) is 11.3 Å². The van der Waals surface area contributed by atoms with Crippen molar-refractivity contribution in [1.29, 1.82) is 0 Å². The summed E-state index contributed by atoms with van der Waals surface area (Å²) in [5.41, 5.74) is 2.00. The minimum atomic E-state index is -0.288. The molecule has 1 amide bonds. The van der Waals surface area contributed by atoms with Crippen LogP contribution in [0.5, 0.6) is 11.5 Å². The summed E-state index contributed by atoms with van der Waals surface area (Å²) in [7, 11) is 0. The minimum Gasteiger partial charge on any atom is -0.454 e. The SMILES string of the molecule is O=C(NCc1ccncc1)c1ccc(Nc2ccc3c(c2)OCO3)nn1. The van der Waals surface area contributed by atoms with E-state index in [2.05, 4.69) is 25.8 Å². The van der Waals surface area contributed by atoms with Crippen molar-refractivity contribution in [2.75, 3.05) is 12.1 Å². The van der Waals surface area contributed by atoms with Crippen molar-refractivity contribution in [3.8, 4) is 11.5 Å². The van der Waals surface area contributed by atoms with Gasteiger partial charge in [0.15, 0.2) is 23.0 Å². The molecule has 2 aromatic heterocycles. The number of nitrogens with one attached hydrogen (secondary N) is 2. The lowest BCUT2D eigenvalue weighted by molar-refractivity contribution is 0.0945. The van der Waals surface area contributed by atoms with E-state index in [1.54, 1.807) is 24.5 Å². The first-order valence-corrected chi connectivity index (χ1v) is 7.95. The van der Waals surface area contributed by atoms with Gasteiger partial charge in [-0.05, 0) is 42.0 Å². The van der Waals surface area contributed by atoms with Crippen molar-refractivity contribution in [3.05, 3.63) is 66.1 Å². The van der Waals surface area contributed by atoms with Crippen LogP contribution in [0.1, 0.15) is 16.1 Å². The van der Waals surface area contributed by atoms with E-state index in [4.69, 9.17) is 9.47 Å². The van der Waals surface area contributed by atoms with Gasteiger partial charge in [-0.25, -0.2) is 0 Å². The molecule has 3 heterocycles. The summed E-state index contributed by atoms with van der Waals surface area (Å²) in [4.78, 5) is 16.1. The number of benzene rings is 1. The van der Waals surface area contributed by atoms with Gasteiger partial charge in [-0.3, -0.25) is 9.78 Å². The number of amides is 1. The summed E-state index contributed by atoms with van der Waals surface area (Å²) in [6.07, 6.45) is 3.36. The standard InChI is InChI=1S/C18H15N5O3/c24-18(20-10-12-5-7-19-8-6-12)14-2-4-17(23-22-14)21-13-1-3-15-16(9-13)26-11-25-15/h1-9H,10-11H2,(H,20,24)(H,21,23). The molecule has 1 aliphatic rings. The first kappa shape index (κ1) is 15.8. The Kier molecular flexibility index (Phi) is 4.29. The highest BCUT2D eigenvalue weighted by Crippen LogP contribution is 2.34. The van der Waals surface area contributed by atoms with Crippen molar-refractivity contribution in [2.45, 2.75) is 6.54 Å². The van der Waals surface area contributed by atoms with Crippen LogP contribution in [0.2, 0.25) is 0 Å². The molecule has 8 heteroatoms. The number of pyridine rings is 1. The van der Waals surface area contributed by atoms with E-state index in [1.165, 1.54) is 0 Å². The van der Waals surface area contributed by atoms with Crippen LogP contribution in [0, 0.1) is 0 Å². The molecule has 0 bridgehead atoms. The van der Waals surface area contributed by atoms with Crippen LogP contribution in [-0.2, 0) is 6.54 Å². The Morgan fingerprint density at radius 3 is 2.65 bits per heavy atom. The molecule has 130 valence electrons. The molecule has 8 nitrogen and oxygen atoms in total. The number of ether oxygens (including phenoxy) is 2. The third-order valence-electron chi connectivity index (χ3n) is 3.74. The largest absolute Gasteiger partial charge is 0.454 e. The zero-order chi connectivity index (χ0) is 17.8. The molecule has 0 saturated carbocycles. The highest BCUT2D eigenvalue weighted by molar-refractivity contribution is 5.92. The number of hydrogen-bond acceptors (Lipinski definition) is 7. The lowest BCUT2D eigenvalue weighted by Crippen LogP contribution is -2.24. The highest BCUT2D eigenvalue weighted by atomic mass is 16.7. The summed E-state index contributed by atoms with van der Waals surface area (Å²) in [5.74, 6) is 1.62. The number of carbonyl (C=O) groups is 1. The van der Waals surface area contributed by atoms with E-state index in [-0.39, 0.29) is 18.4 Å². The topological polar surface area (TPSA) is 98.3 Å². The molecule has 4 rings (SSSR count). The van der Waals surface area contributed by atoms with Gasteiger partial charge in [-0.15, -0.1) is 10.2 Å². The predicted octanol–water partition coefficient (Wildman–Crippen LogP) is 2.27. The van der Waals surface area contributed by atoms with Gasteiger partial charge in [-0.2, -0.15) is 0 Å². The summed E-state index contributed by atoms with van der Waals surface area (Å²) in [6.45, 7) is 0.627. The average molecular weight is 349 g/mol. The zero-order valence-electron chi connectivity index (χ0n) is 13.7. The molecule has 0 unspecified atom stereocenters. The Balaban J connectivity index is 1.38. The third kappa shape index (κ3) is 3.54. The predicted molar refractivity (Wildman–Crippen MR) is 93.3 cm³/mol. The Hall–Kier alpha value is -3.68. The number of hydrogen-bond donors (Lipinski definition) is 2. The summed E-state index contributed by atoms with van der Waals surface area (Å²) >= 11 is 0. The van der Waals surface area contributed by atoms with Crippen LogP contribution >= 0.6 is 0 Å². The fourth-order valence-corrected chi connectivity index (χ4v) is 2.42. The molecule has 0 saturated heterocycles. The lowest BCUT2D eigenvalue weighted by Gasteiger charge is -2.07. The number of rotatable bonds is 5. The fourth-order valence-electron chi connectivity index (χ4n) is 2.42. The molecular weight excluding hydrogens is 334 g/mol. The van der Waals surface area contributed by atoms with Gasteiger partial charge in [0.05, 0.1) is 0 Å². The van der Waals surface area contributed by atoms with Gasteiger partial charge in [0.2, 0.25) is 6.79 Å². The smallest absolute Gasteiger partial charge is 0.272 e. The Labute approximate surface area is 149 Å².